The summed E-state index contributed by atoms with van der Waals surface area (Å²) in [6, 6.07) is 3.56. The van der Waals surface area contributed by atoms with Crippen molar-refractivity contribution in [1.82, 2.24) is 5.32 Å². The molecule has 3 nitrogen and oxygen atoms in total. The summed E-state index contributed by atoms with van der Waals surface area (Å²) in [5, 5.41) is 12.6. The molecule has 1 aliphatic carbocycles. The van der Waals surface area contributed by atoms with Gasteiger partial charge in [0.25, 0.3) is 0 Å². The molecule has 0 spiro atoms. The summed E-state index contributed by atoms with van der Waals surface area (Å²) in [5.41, 5.74) is 0. The number of thiophene rings is 1. The maximum atomic E-state index is 11.7. The highest BCUT2D eigenvalue weighted by Gasteiger charge is 2.23. The van der Waals surface area contributed by atoms with E-state index in [9.17, 15) is 9.90 Å². The van der Waals surface area contributed by atoms with Crippen molar-refractivity contribution in [2.24, 2.45) is 0 Å². The van der Waals surface area contributed by atoms with Gasteiger partial charge in [-0.15, -0.1) is 11.3 Å². The zero-order valence-electron chi connectivity index (χ0n) is 9.93. The molecule has 0 radical (unpaired) electrons. The highest BCUT2D eigenvalue weighted by Crippen LogP contribution is 2.22. The zero-order valence-corrected chi connectivity index (χ0v) is 11.5. The largest absolute Gasteiger partial charge is 0.391 e. The average Bonchev–Trinajstić information content (AvgIpc) is 2.76. The molecule has 1 aromatic heterocycles. The molecule has 0 unspecified atom stereocenters. The molecule has 1 aromatic rings. The standard InChI is InChI=1S/C13H16ClNO2S/c14-12-7-5-9(18-12)6-8-13(17)15-10-3-1-2-4-11(10)16/h5-8,10-11,16H,1-4H2,(H,15,17)/b8-6+/t10-,11-/m0/s1. The van der Waals surface area contributed by atoms with Crippen LogP contribution >= 0.6 is 22.9 Å². The van der Waals surface area contributed by atoms with Gasteiger partial charge in [-0.2, -0.15) is 0 Å². The minimum atomic E-state index is -0.410. The van der Waals surface area contributed by atoms with Gasteiger partial charge in [0.1, 0.15) is 0 Å². The van der Waals surface area contributed by atoms with Crippen LogP contribution in [-0.2, 0) is 4.79 Å². The zero-order chi connectivity index (χ0) is 13.0. The summed E-state index contributed by atoms with van der Waals surface area (Å²) in [6.07, 6.45) is 6.54. The minimum Gasteiger partial charge on any atom is -0.391 e. The Hall–Kier alpha value is -0.840. The van der Waals surface area contributed by atoms with Gasteiger partial charge in [-0.05, 0) is 31.1 Å². The SMILES string of the molecule is O=C(/C=C/c1ccc(Cl)s1)N[C@H]1CCCC[C@@H]1O. The predicted octanol–water partition coefficient (Wildman–Crippen LogP) is 2.83. The smallest absolute Gasteiger partial charge is 0.244 e. The summed E-state index contributed by atoms with van der Waals surface area (Å²) in [7, 11) is 0. The lowest BCUT2D eigenvalue weighted by atomic mass is 9.92. The van der Waals surface area contributed by atoms with Crippen LogP contribution in [-0.4, -0.2) is 23.2 Å². The van der Waals surface area contributed by atoms with E-state index in [4.69, 9.17) is 11.6 Å². The maximum absolute atomic E-state index is 11.7. The van der Waals surface area contributed by atoms with Crippen molar-refractivity contribution in [2.75, 3.05) is 0 Å². The van der Waals surface area contributed by atoms with Crippen LogP contribution in [0.4, 0.5) is 0 Å². The summed E-state index contributed by atoms with van der Waals surface area (Å²) in [6.45, 7) is 0. The molecule has 98 valence electrons. The molecule has 2 rings (SSSR count). The molecule has 1 heterocycles. The number of halogens is 1. The van der Waals surface area contributed by atoms with Gasteiger partial charge in [-0.3, -0.25) is 4.79 Å². The maximum Gasteiger partial charge on any atom is 0.244 e. The molecular weight excluding hydrogens is 270 g/mol. The van der Waals surface area contributed by atoms with Crippen LogP contribution in [0.25, 0.3) is 6.08 Å². The van der Waals surface area contributed by atoms with E-state index >= 15 is 0 Å². The van der Waals surface area contributed by atoms with Crippen molar-refractivity contribution in [3.63, 3.8) is 0 Å². The molecule has 2 atom stereocenters. The lowest BCUT2D eigenvalue weighted by molar-refractivity contribution is -0.118. The van der Waals surface area contributed by atoms with E-state index in [2.05, 4.69) is 5.32 Å². The molecule has 0 saturated heterocycles. The third-order valence-corrected chi connectivity index (χ3v) is 4.25. The van der Waals surface area contributed by atoms with Crippen molar-refractivity contribution < 1.29 is 9.90 Å². The Morgan fingerprint density at radius 3 is 2.89 bits per heavy atom. The van der Waals surface area contributed by atoms with Crippen LogP contribution in [0.2, 0.25) is 4.34 Å². The van der Waals surface area contributed by atoms with Gasteiger partial charge in [-0.25, -0.2) is 0 Å². The highest BCUT2D eigenvalue weighted by atomic mass is 35.5. The van der Waals surface area contributed by atoms with Crippen molar-refractivity contribution in [1.29, 1.82) is 0 Å². The van der Waals surface area contributed by atoms with Gasteiger partial charge in [0.15, 0.2) is 0 Å². The van der Waals surface area contributed by atoms with E-state index in [1.165, 1.54) is 17.4 Å². The van der Waals surface area contributed by atoms with Crippen LogP contribution in [0, 0.1) is 0 Å². The Balaban J connectivity index is 1.86. The minimum absolute atomic E-state index is 0.108. The van der Waals surface area contributed by atoms with Gasteiger partial charge in [0.05, 0.1) is 16.5 Å². The van der Waals surface area contributed by atoms with E-state index in [-0.39, 0.29) is 11.9 Å². The second-order valence-electron chi connectivity index (χ2n) is 4.44. The highest BCUT2D eigenvalue weighted by molar-refractivity contribution is 7.17. The second-order valence-corrected chi connectivity index (χ2v) is 6.19. The summed E-state index contributed by atoms with van der Waals surface area (Å²) in [4.78, 5) is 12.6. The first kappa shape index (κ1) is 13.6. The van der Waals surface area contributed by atoms with E-state index < -0.39 is 6.10 Å². The Bertz CT molecular complexity index is 444. The molecule has 5 heteroatoms. The van der Waals surface area contributed by atoms with Crippen LogP contribution in [0.5, 0.6) is 0 Å². The number of carbonyl (C=O) groups excluding carboxylic acids is 1. The van der Waals surface area contributed by atoms with Gasteiger partial charge in [0, 0.05) is 11.0 Å². The van der Waals surface area contributed by atoms with Gasteiger partial charge >= 0.3 is 0 Å². The van der Waals surface area contributed by atoms with Crippen molar-refractivity contribution in [3.05, 3.63) is 27.4 Å². The molecule has 0 aromatic carbocycles. The molecule has 0 bridgehead atoms. The van der Waals surface area contributed by atoms with Gasteiger partial charge in [-0.1, -0.05) is 24.4 Å². The molecule has 1 fully saturated rings. The van der Waals surface area contributed by atoms with Gasteiger partial charge < -0.3 is 10.4 Å². The van der Waals surface area contributed by atoms with E-state index in [0.717, 1.165) is 30.6 Å². The number of amides is 1. The summed E-state index contributed by atoms with van der Waals surface area (Å²) >= 11 is 7.23. The number of carbonyl (C=O) groups is 1. The first-order valence-corrected chi connectivity index (χ1v) is 7.26. The Morgan fingerprint density at radius 2 is 2.22 bits per heavy atom. The molecule has 1 aliphatic rings. The van der Waals surface area contributed by atoms with E-state index in [1.807, 2.05) is 6.07 Å². The number of nitrogens with one attached hydrogen (secondary N) is 1. The van der Waals surface area contributed by atoms with Crippen LogP contribution in [0.15, 0.2) is 18.2 Å². The topological polar surface area (TPSA) is 49.3 Å². The first-order chi connectivity index (χ1) is 8.65. The Morgan fingerprint density at radius 1 is 1.44 bits per heavy atom. The molecular formula is C13H16ClNO2S. The van der Waals surface area contributed by atoms with Crippen LogP contribution in [0.3, 0.4) is 0 Å². The molecule has 18 heavy (non-hydrogen) atoms. The van der Waals surface area contributed by atoms with Crippen molar-refractivity contribution >= 4 is 34.9 Å². The fourth-order valence-corrected chi connectivity index (χ4v) is 3.05. The first-order valence-electron chi connectivity index (χ1n) is 6.07. The summed E-state index contributed by atoms with van der Waals surface area (Å²) in [5.74, 6) is -0.162. The molecule has 1 saturated carbocycles. The lowest BCUT2D eigenvalue weighted by Crippen LogP contribution is -2.44. The third-order valence-electron chi connectivity index (χ3n) is 3.05. The monoisotopic (exact) mass is 285 g/mol. The third kappa shape index (κ3) is 3.83. The quantitative estimate of drug-likeness (QED) is 0.839. The van der Waals surface area contributed by atoms with E-state index in [0.29, 0.717) is 4.34 Å². The molecule has 2 N–H and O–H groups in total. The number of aliphatic hydroxyl groups is 1. The Kier molecular flexibility index (Phi) is 4.80. The number of rotatable bonds is 3. The number of hydrogen-bond acceptors (Lipinski definition) is 3. The summed E-state index contributed by atoms with van der Waals surface area (Å²) < 4.78 is 0.706. The number of hydrogen-bond donors (Lipinski definition) is 2. The van der Waals surface area contributed by atoms with E-state index in [1.54, 1.807) is 12.1 Å². The van der Waals surface area contributed by atoms with Crippen LogP contribution in [0.1, 0.15) is 30.6 Å². The fourth-order valence-electron chi connectivity index (χ4n) is 2.09. The fraction of sp³-hybridized carbons (Fsp3) is 0.462. The van der Waals surface area contributed by atoms with Crippen molar-refractivity contribution in [2.45, 2.75) is 37.8 Å². The average molecular weight is 286 g/mol. The van der Waals surface area contributed by atoms with Crippen molar-refractivity contribution in [3.8, 4) is 0 Å². The lowest BCUT2D eigenvalue weighted by Gasteiger charge is -2.27. The Labute approximate surface area is 115 Å². The van der Waals surface area contributed by atoms with Gasteiger partial charge in [0.2, 0.25) is 5.91 Å². The number of aliphatic hydroxyl groups excluding tert-OH is 1. The predicted molar refractivity (Wildman–Crippen MR) is 74.8 cm³/mol. The second kappa shape index (κ2) is 6.36. The molecule has 1 amide bonds. The van der Waals surface area contributed by atoms with Crippen LogP contribution < -0.4 is 5.32 Å². The molecule has 0 aliphatic heterocycles. The normalized spacial score (nSPS) is 24.3.